The average Bonchev–Trinajstić information content (AvgIpc) is 2.98. The van der Waals surface area contributed by atoms with E-state index in [9.17, 15) is 30.0 Å². The second-order valence-corrected chi connectivity index (χ2v) is 13.4. The summed E-state index contributed by atoms with van der Waals surface area (Å²) in [7, 11) is 0. The molecule has 9 atom stereocenters. The van der Waals surface area contributed by atoms with Crippen LogP contribution in [-0.4, -0.2) is 80.5 Å². The van der Waals surface area contributed by atoms with Crippen LogP contribution in [0.2, 0.25) is 0 Å². The number of hydrogen-bond acceptors (Lipinski definition) is 9. The van der Waals surface area contributed by atoms with Gasteiger partial charge in [0.25, 0.3) is 0 Å². The molecule has 1 aliphatic heterocycles. The number of ether oxygens (including phenoxy) is 3. The lowest BCUT2D eigenvalue weighted by Crippen LogP contribution is -2.81. The highest BCUT2D eigenvalue weighted by molar-refractivity contribution is 5.94. The van der Waals surface area contributed by atoms with Crippen LogP contribution in [0.5, 0.6) is 0 Å². The highest BCUT2D eigenvalue weighted by Gasteiger charge is 2.76. The first-order chi connectivity index (χ1) is 20.3. The number of carbonyl (C=O) groups is 2. The summed E-state index contributed by atoms with van der Waals surface area (Å²) in [6, 6.07) is 17.7. The molecule has 1 heterocycles. The normalized spacial score (nSPS) is 40.0. The lowest BCUT2D eigenvalue weighted by atomic mass is 9.44. The zero-order chi connectivity index (χ0) is 30.9. The van der Waals surface area contributed by atoms with Gasteiger partial charge in [-0.05, 0) is 42.7 Å². The minimum Gasteiger partial charge on any atom is -0.455 e. The molecule has 1 saturated heterocycles. The monoisotopic (exact) mass is 592 g/mol. The summed E-state index contributed by atoms with van der Waals surface area (Å²) in [5.41, 5.74) is -5.03. The first kappa shape index (κ1) is 30.1. The van der Waals surface area contributed by atoms with Crippen molar-refractivity contribution in [1.82, 2.24) is 0 Å². The molecule has 2 aromatic rings. The molecule has 9 nitrogen and oxygen atoms in total. The highest BCUT2D eigenvalue weighted by atomic mass is 16.6. The molecular formula is C34H40O9. The van der Waals surface area contributed by atoms with Gasteiger partial charge in [-0.25, -0.2) is 4.79 Å². The lowest BCUT2D eigenvalue weighted by Gasteiger charge is -2.67. The van der Waals surface area contributed by atoms with Gasteiger partial charge in [0.1, 0.15) is 23.4 Å². The summed E-state index contributed by atoms with van der Waals surface area (Å²) >= 11 is 0. The first-order valence-electron chi connectivity index (χ1n) is 14.9. The summed E-state index contributed by atoms with van der Waals surface area (Å²) in [5, 5.41) is 48.1. The number of ketones is 1. The molecule has 0 radical (unpaired) electrons. The fraction of sp³-hybridized carbons (Fsp3) is 0.529. The van der Waals surface area contributed by atoms with Crippen LogP contribution < -0.4 is 0 Å². The van der Waals surface area contributed by atoms with Crippen molar-refractivity contribution < 1.29 is 44.2 Å². The van der Waals surface area contributed by atoms with E-state index in [-0.39, 0.29) is 37.2 Å². The number of hydrogen-bond donors (Lipinski definition) is 4. The van der Waals surface area contributed by atoms with Crippen molar-refractivity contribution in [2.75, 3.05) is 6.61 Å². The van der Waals surface area contributed by atoms with Crippen LogP contribution >= 0.6 is 0 Å². The average molecular weight is 593 g/mol. The summed E-state index contributed by atoms with van der Waals surface area (Å²) in [4.78, 5) is 28.4. The molecular weight excluding hydrogens is 552 g/mol. The quantitative estimate of drug-likeness (QED) is 0.305. The summed E-state index contributed by atoms with van der Waals surface area (Å²) < 4.78 is 18.5. The Morgan fingerprint density at radius 1 is 1.00 bits per heavy atom. The van der Waals surface area contributed by atoms with Crippen LogP contribution in [0.3, 0.4) is 0 Å². The third-order valence-corrected chi connectivity index (χ3v) is 10.9. The topological polar surface area (TPSA) is 143 Å². The van der Waals surface area contributed by atoms with Crippen LogP contribution in [0.25, 0.3) is 0 Å². The largest absolute Gasteiger partial charge is 0.455 e. The second-order valence-electron chi connectivity index (χ2n) is 13.4. The van der Waals surface area contributed by atoms with Gasteiger partial charge in [-0.1, -0.05) is 62.4 Å². The molecule has 7 unspecified atom stereocenters. The third kappa shape index (κ3) is 4.28. The first-order valence-corrected chi connectivity index (χ1v) is 14.9. The van der Waals surface area contributed by atoms with Gasteiger partial charge in [-0.2, -0.15) is 0 Å². The highest BCUT2D eigenvalue weighted by Crippen LogP contribution is 2.63. The van der Waals surface area contributed by atoms with Gasteiger partial charge in [-0.3, -0.25) is 4.79 Å². The summed E-state index contributed by atoms with van der Waals surface area (Å²) in [5.74, 6) is -2.63. The molecule has 43 heavy (non-hydrogen) atoms. The number of rotatable bonds is 5. The van der Waals surface area contributed by atoms with E-state index in [0.29, 0.717) is 5.57 Å². The van der Waals surface area contributed by atoms with Crippen LogP contribution in [0, 0.1) is 16.7 Å². The zero-order valence-electron chi connectivity index (χ0n) is 24.9. The molecule has 230 valence electrons. The molecule has 9 heteroatoms. The van der Waals surface area contributed by atoms with Crippen molar-refractivity contribution in [3.05, 3.63) is 82.9 Å². The zero-order valence-corrected chi connectivity index (χ0v) is 24.9. The lowest BCUT2D eigenvalue weighted by molar-refractivity contribution is -0.347. The molecule has 4 N–H and O–H groups in total. The number of fused-ring (bicyclic) bond motifs is 5. The predicted octanol–water partition coefficient (Wildman–Crippen LogP) is 2.74. The van der Waals surface area contributed by atoms with Crippen LogP contribution in [-0.2, 0) is 25.6 Å². The fourth-order valence-corrected chi connectivity index (χ4v) is 8.26. The van der Waals surface area contributed by atoms with E-state index in [1.807, 2.05) is 30.3 Å². The van der Waals surface area contributed by atoms with Gasteiger partial charge < -0.3 is 34.6 Å². The van der Waals surface area contributed by atoms with Crippen LogP contribution in [0.15, 0.2) is 71.8 Å². The van der Waals surface area contributed by atoms with Crippen molar-refractivity contribution in [2.45, 2.75) is 88.9 Å². The van der Waals surface area contributed by atoms with Gasteiger partial charge in [0.05, 0.1) is 42.5 Å². The van der Waals surface area contributed by atoms with E-state index in [4.69, 9.17) is 14.2 Å². The SMILES string of the molecule is CC1=C2C(O)C(=O)[C@]3(C)C(OCc4ccccc4)CC4OC[C@@]4(O)C3C(OC(=O)c3ccccc3)C(O)(CC1O)C2(C)C. The maximum absolute atomic E-state index is 14.7. The Hall–Kier alpha value is -2.92. The van der Waals surface area contributed by atoms with E-state index in [1.165, 1.54) is 0 Å². The van der Waals surface area contributed by atoms with Gasteiger partial charge in [0.2, 0.25) is 0 Å². The number of Topliss-reactive ketones (excluding diaryl/α,β-unsaturated/α-hetero) is 1. The number of aliphatic hydroxyl groups is 4. The van der Waals surface area contributed by atoms with Crippen molar-refractivity contribution >= 4 is 11.8 Å². The molecule has 3 aliphatic carbocycles. The Morgan fingerprint density at radius 2 is 1.63 bits per heavy atom. The number of carbonyl (C=O) groups excluding carboxylic acids is 2. The minimum atomic E-state index is -2.00. The van der Waals surface area contributed by atoms with Gasteiger partial charge in [0, 0.05) is 24.2 Å². The van der Waals surface area contributed by atoms with Crippen molar-refractivity contribution in [1.29, 1.82) is 0 Å². The summed E-state index contributed by atoms with van der Waals surface area (Å²) in [6.07, 6.45) is -6.17. The molecule has 0 aromatic heterocycles. The molecule has 0 spiro atoms. The Bertz CT molecular complexity index is 1440. The number of aliphatic hydroxyl groups excluding tert-OH is 2. The van der Waals surface area contributed by atoms with E-state index in [0.717, 1.165) is 5.56 Å². The standard InChI is InChI=1S/C34H40O9/c1-19-22(35)16-34(40)29(43-30(38)21-13-9-6-10-14-21)27-32(4,28(37)26(36)25(19)31(34,2)3)23(15-24-33(27,39)18-42-24)41-17-20-11-7-5-8-12-20/h5-14,22-24,26-27,29,35-36,39-40H,15-18H2,1-4H3/t22?,23?,24?,26?,27?,29?,32-,33+,34?/m1/s1. The van der Waals surface area contributed by atoms with Crippen molar-refractivity contribution in [3.63, 3.8) is 0 Å². The van der Waals surface area contributed by atoms with Crippen LogP contribution in [0.4, 0.5) is 0 Å². The molecule has 6 rings (SSSR count). The van der Waals surface area contributed by atoms with E-state index < -0.39 is 70.2 Å². The Labute approximate surface area is 251 Å². The molecule has 3 fully saturated rings. The maximum atomic E-state index is 14.7. The third-order valence-electron chi connectivity index (χ3n) is 10.9. The van der Waals surface area contributed by atoms with E-state index >= 15 is 0 Å². The molecule has 0 amide bonds. The smallest absolute Gasteiger partial charge is 0.338 e. The molecule has 2 aromatic carbocycles. The fourth-order valence-electron chi connectivity index (χ4n) is 8.26. The Kier molecular flexibility index (Phi) is 7.23. The van der Waals surface area contributed by atoms with Gasteiger partial charge in [-0.15, -0.1) is 0 Å². The second kappa shape index (κ2) is 10.3. The van der Waals surface area contributed by atoms with Crippen LogP contribution in [0.1, 0.15) is 56.5 Å². The Morgan fingerprint density at radius 3 is 2.23 bits per heavy atom. The van der Waals surface area contributed by atoms with E-state index in [2.05, 4.69) is 0 Å². The molecule has 4 aliphatic rings. The van der Waals surface area contributed by atoms with Gasteiger partial charge in [0.15, 0.2) is 5.78 Å². The van der Waals surface area contributed by atoms with Crippen molar-refractivity contribution in [2.24, 2.45) is 16.7 Å². The van der Waals surface area contributed by atoms with E-state index in [1.54, 1.807) is 58.0 Å². The van der Waals surface area contributed by atoms with Crippen molar-refractivity contribution in [3.8, 4) is 0 Å². The predicted molar refractivity (Wildman–Crippen MR) is 155 cm³/mol. The maximum Gasteiger partial charge on any atom is 0.338 e. The minimum absolute atomic E-state index is 0.146. The number of esters is 1. The number of benzene rings is 2. The molecule has 2 bridgehead atoms. The van der Waals surface area contributed by atoms with Gasteiger partial charge >= 0.3 is 5.97 Å². The Balaban J connectivity index is 1.55. The summed E-state index contributed by atoms with van der Waals surface area (Å²) in [6.45, 7) is 6.59. The molecule has 2 saturated carbocycles.